The highest BCUT2D eigenvalue weighted by atomic mass is 16.3. The third kappa shape index (κ3) is 2.88. The lowest BCUT2D eigenvalue weighted by Crippen LogP contribution is -2.26. The van der Waals surface area contributed by atoms with Gasteiger partial charge in [-0.3, -0.25) is 0 Å². The van der Waals surface area contributed by atoms with Gasteiger partial charge in [0.25, 0.3) is 0 Å². The summed E-state index contributed by atoms with van der Waals surface area (Å²) in [5.74, 6) is 0.352. The summed E-state index contributed by atoms with van der Waals surface area (Å²) in [5.41, 5.74) is 19.0. The molecular formula is C15H14N6O. The molecule has 0 bridgehead atoms. The van der Waals surface area contributed by atoms with E-state index in [0.29, 0.717) is 11.6 Å². The van der Waals surface area contributed by atoms with Gasteiger partial charge in [0, 0.05) is 5.56 Å². The van der Waals surface area contributed by atoms with Crippen LogP contribution in [0, 0.1) is 0 Å². The Bertz CT molecular complexity index is 843. The van der Waals surface area contributed by atoms with Crippen molar-refractivity contribution in [3.63, 3.8) is 0 Å². The van der Waals surface area contributed by atoms with Crippen LogP contribution in [0.2, 0.25) is 0 Å². The third-order valence-corrected chi connectivity index (χ3v) is 2.87. The minimum Gasteiger partial charge on any atom is -0.436 e. The second kappa shape index (κ2) is 5.57. The average Bonchev–Trinajstić information content (AvgIpc) is 2.90. The van der Waals surface area contributed by atoms with E-state index in [4.69, 9.17) is 21.6 Å². The van der Waals surface area contributed by atoms with E-state index in [1.165, 1.54) is 0 Å². The number of oxazole rings is 1. The number of nitrogens with zero attached hydrogens (tertiary/aromatic N) is 3. The Morgan fingerprint density at radius 3 is 2.59 bits per heavy atom. The van der Waals surface area contributed by atoms with Gasteiger partial charge in [-0.05, 0) is 30.3 Å². The van der Waals surface area contributed by atoms with Gasteiger partial charge in [-0.2, -0.15) is 4.99 Å². The molecular weight excluding hydrogens is 280 g/mol. The summed E-state index contributed by atoms with van der Waals surface area (Å²) < 4.78 is 5.72. The number of hydrogen-bond acceptors (Lipinski definition) is 3. The molecule has 1 heterocycles. The molecule has 0 spiro atoms. The number of rotatable bonds is 2. The van der Waals surface area contributed by atoms with Crippen LogP contribution >= 0.6 is 0 Å². The fourth-order valence-electron chi connectivity index (χ4n) is 1.99. The molecule has 6 N–H and O–H groups in total. The molecule has 7 heteroatoms. The second-order valence-electron chi connectivity index (χ2n) is 4.54. The van der Waals surface area contributed by atoms with Crippen molar-refractivity contribution in [1.82, 2.24) is 4.98 Å². The van der Waals surface area contributed by atoms with Crippen LogP contribution in [0.1, 0.15) is 0 Å². The molecule has 7 nitrogen and oxygen atoms in total. The van der Waals surface area contributed by atoms with Crippen molar-refractivity contribution in [3.05, 3.63) is 48.5 Å². The van der Waals surface area contributed by atoms with Crippen LogP contribution < -0.4 is 17.2 Å². The SMILES string of the molecule is NC(N)=NC(N)=Nc1cccc(-c2nc3ccccc3o2)c1. The number of aromatic nitrogens is 1. The monoisotopic (exact) mass is 294 g/mol. The molecule has 0 radical (unpaired) electrons. The maximum absolute atomic E-state index is 5.72. The number of benzene rings is 2. The zero-order chi connectivity index (χ0) is 15.5. The molecule has 0 aliphatic rings. The first kappa shape index (κ1) is 13.6. The molecule has 0 atom stereocenters. The highest BCUT2D eigenvalue weighted by Crippen LogP contribution is 2.26. The van der Waals surface area contributed by atoms with Crippen molar-refractivity contribution < 1.29 is 4.42 Å². The van der Waals surface area contributed by atoms with Crippen molar-refractivity contribution in [2.45, 2.75) is 0 Å². The van der Waals surface area contributed by atoms with E-state index in [9.17, 15) is 0 Å². The molecule has 0 saturated carbocycles. The van der Waals surface area contributed by atoms with Crippen molar-refractivity contribution in [3.8, 4) is 11.5 Å². The molecule has 1 aromatic heterocycles. The maximum atomic E-state index is 5.72. The normalized spacial score (nSPS) is 11.5. The highest BCUT2D eigenvalue weighted by Gasteiger charge is 2.08. The van der Waals surface area contributed by atoms with Gasteiger partial charge in [-0.1, -0.05) is 18.2 Å². The Morgan fingerprint density at radius 2 is 1.82 bits per heavy atom. The van der Waals surface area contributed by atoms with Crippen molar-refractivity contribution >= 4 is 28.7 Å². The van der Waals surface area contributed by atoms with Crippen molar-refractivity contribution in [2.75, 3.05) is 0 Å². The number of hydrogen-bond donors (Lipinski definition) is 3. The van der Waals surface area contributed by atoms with E-state index in [2.05, 4.69) is 15.0 Å². The summed E-state index contributed by atoms with van der Waals surface area (Å²) in [4.78, 5) is 12.2. The second-order valence-corrected chi connectivity index (χ2v) is 4.54. The van der Waals surface area contributed by atoms with Gasteiger partial charge >= 0.3 is 0 Å². The van der Waals surface area contributed by atoms with E-state index in [1.807, 2.05) is 36.4 Å². The van der Waals surface area contributed by atoms with E-state index in [-0.39, 0.29) is 11.9 Å². The number of guanidine groups is 2. The lowest BCUT2D eigenvalue weighted by Gasteiger charge is -1.99. The Balaban J connectivity index is 1.99. The maximum Gasteiger partial charge on any atom is 0.227 e. The summed E-state index contributed by atoms with van der Waals surface area (Å²) in [7, 11) is 0. The van der Waals surface area contributed by atoms with Gasteiger partial charge < -0.3 is 21.6 Å². The number of fused-ring (bicyclic) bond motifs is 1. The molecule has 0 saturated heterocycles. The Morgan fingerprint density at radius 1 is 1.00 bits per heavy atom. The van der Waals surface area contributed by atoms with Gasteiger partial charge in [0.05, 0.1) is 5.69 Å². The molecule has 3 aromatic rings. The van der Waals surface area contributed by atoms with Crippen LogP contribution in [-0.2, 0) is 0 Å². The summed E-state index contributed by atoms with van der Waals surface area (Å²) in [6.45, 7) is 0. The van der Waals surface area contributed by atoms with E-state index in [1.54, 1.807) is 12.1 Å². The number of aliphatic imine (C=N–C) groups is 2. The first-order chi connectivity index (χ1) is 10.6. The molecule has 0 aliphatic heterocycles. The highest BCUT2D eigenvalue weighted by molar-refractivity contribution is 5.93. The molecule has 2 aromatic carbocycles. The fourth-order valence-corrected chi connectivity index (χ4v) is 1.99. The standard InChI is InChI=1S/C15H14N6O/c16-14(17)21-15(18)19-10-5-3-4-9(8-10)13-20-11-6-1-2-7-12(11)22-13/h1-8H,(H6,16,17,18,19,21). The van der Waals surface area contributed by atoms with Crippen LogP contribution in [0.15, 0.2) is 62.9 Å². The van der Waals surface area contributed by atoms with Crippen LogP contribution in [0.4, 0.5) is 5.69 Å². The molecule has 22 heavy (non-hydrogen) atoms. The topological polar surface area (TPSA) is 129 Å². The van der Waals surface area contributed by atoms with Gasteiger partial charge in [0.15, 0.2) is 11.5 Å². The zero-order valence-electron chi connectivity index (χ0n) is 11.6. The Kier molecular flexibility index (Phi) is 3.45. The molecule has 3 rings (SSSR count). The van der Waals surface area contributed by atoms with Gasteiger partial charge in [0.1, 0.15) is 5.52 Å². The minimum atomic E-state index is -0.142. The largest absolute Gasteiger partial charge is 0.436 e. The van der Waals surface area contributed by atoms with Crippen LogP contribution in [-0.4, -0.2) is 16.9 Å². The van der Waals surface area contributed by atoms with Crippen molar-refractivity contribution in [1.29, 1.82) is 0 Å². The first-order valence-electron chi connectivity index (χ1n) is 6.51. The lowest BCUT2D eigenvalue weighted by atomic mass is 10.2. The fraction of sp³-hybridized carbons (Fsp3) is 0. The molecule has 0 amide bonds. The average molecular weight is 294 g/mol. The predicted molar refractivity (Wildman–Crippen MR) is 86.5 cm³/mol. The van der Waals surface area contributed by atoms with Crippen LogP contribution in [0.25, 0.3) is 22.6 Å². The number of para-hydroxylation sites is 2. The Labute approximate surface area is 126 Å². The van der Waals surface area contributed by atoms with Crippen molar-refractivity contribution in [2.24, 2.45) is 27.2 Å². The van der Waals surface area contributed by atoms with Crippen LogP contribution in [0.3, 0.4) is 0 Å². The summed E-state index contributed by atoms with van der Waals surface area (Å²) in [6.07, 6.45) is 0. The molecule has 0 unspecified atom stereocenters. The van der Waals surface area contributed by atoms with E-state index in [0.717, 1.165) is 16.7 Å². The molecule has 0 fully saturated rings. The van der Waals surface area contributed by atoms with Gasteiger partial charge in [0.2, 0.25) is 11.9 Å². The number of nitrogens with two attached hydrogens (primary N) is 3. The summed E-state index contributed by atoms with van der Waals surface area (Å²) in [5, 5.41) is 0. The predicted octanol–water partition coefficient (Wildman–Crippen LogP) is 1.71. The van der Waals surface area contributed by atoms with Crippen LogP contribution in [0.5, 0.6) is 0 Å². The third-order valence-electron chi connectivity index (χ3n) is 2.87. The zero-order valence-corrected chi connectivity index (χ0v) is 11.6. The molecule has 110 valence electrons. The van der Waals surface area contributed by atoms with Gasteiger partial charge in [-0.15, -0.1) is 0 Å². The molecule has 0 aliphatic carbocycles. The minimum absolute atomic E-state index is 0.0188. The quantitative estimate of drug-likeness (QED) is 0.489. The van der Waals surface area contributed by atoms with Gasteiger partial charge in [-0.25, -0.2) is 9.98 Å². The first-order valence-corrected chi connectivity index (χ1v) is 6.51. The van der Waals surface area contributed by atoms with E-state index < -0.39 is 0 Å². The smallest absolute Gasteiger partial charge is 0.227 e. The lowest BCUT2D eigenvalue weighted by molar-refractivity contribution is 0.620. The Hall–Kier alpha value is -3.35. The van der Waals surface area contributed by atoms with E-state index >= 15 is 0 Å². The summed E-state index contributed by atoms with van der Waals surface area (Å²) >= 11 is 0. The summed E-state index contributed by atoms with van der Waals surface area (Å²) in [6, 6.07) is 14.8.